The number of hydrogen-bond donors (Lipinski definition) is 2. The van der Waals surface area contributed by atoms with E-state index in [2.05, 4.69) is 5.32 Å². The van der Waals surface area contributed by atoms with Crippen LogP contribution in [0, 0.1) is 23.0 Å². The summed E-state index contributed by atoms with van der Waals surface area (Å²) >= 11 is 0. The molecule has 0 saturated heterocycles. The maximum Gasteiger partial charge on any atom is 0.272 e. The normalized spacial score (nSPS) is 22.2. The first kappa shape index (κ1) is 14.3. The first-order valence-electron chi connectivity index (χ1n) is 6.78. The van der Waals surface area contributed by atoms with Crippen LogP contribution in [0.25, 0.3) is 0 Å². The molecule has 0 aromatic heterocycles. The number of nitrogens with one attached hydrogen (secondary N) is 1. The molecule has 0 heterocycles. The van der Waals surface area contributed by atoms with Gasteiger partial charge in [-0.25, -0.2) is 0 Å². The van der Waals surface area contributed by atoms with Gasteiger partial charge in [0.05, 0.1) is 4.92 Å². The number of rotatable bonds is 4. The molecule has 0 atom stereocenters. The summed E-state index contributed by atoms with van der Waals surface area (Å²) in [5, 5.41) is 14.1. The van der Waals surface area contributed by atoms with Crippen LogP contribution < -0.4 is 11.1 Å². The van der Waals surface area contributed by atoms with Crippen molar-refractivity contribution in [3.8, 4) is 0 Å². The molecule has 1 aromatic carbocycles. The van der Waals surface area contributed by atoms with Crippen LogP contribution in [0.1, 0.15) is 31.2 Å². The van der Waals surface area contributed by atoms with Crippen molar-refractivity contribution < 1.29 is 9.72 Å². The highest BCUT2D eigenvalue weighted by Crippen LogP contribution is 2.28. The summed E-state index contributed by atoms with van der Waals surface area (Å²) in [5.74, 6) is -0.221. The van der Waals surface area contributed by atoms with Crippen molar-refractivity contribution in [1.82, 2.24) is 0 Å². The van der Waals surface area contributed by atoms with E-state index < -0.39 is 0 Å². The molecule has 1 amide bonds. The van der Waals surface area contributed by atoms with E-state index in [4.69, 9.17) is 5.73 Å². The summed E-state index contributed by atoms with van der Waals surface area (Å²) in [6.45, 7) is 1.73. The monoisotopic (exact) mass is 277 g/mol. The molecule has 1 aliphatic rings. The van der Waals surface area contributed by atoms with Gasteiger partial charge in [-0.1, -0.05) is 0 Å². The lowest BCUT2D eigenvalue weighted by atomic mass is 9.85. The number of aryl methyl sites for hydroxylation is 1. The first-order chi connectivity index (χ1) is 9.47. The zero-order chi connectivity index (χ0) is 14.7. The van der Waals surface area contributed by atoms with E-state index in [1.165, 1.54) is 6.07 Å². The SMILES string of the molecule is Cc1cc(NC2CCC(C(N)=O)CC2)ccc1[N+](=O)[O-]. The molecule has 2 rings (SSSR count). The van der Waals surface area contributed by atoms with Gasteiger partial charge < -0.3 is 11.1 Å². The fraction of sp³-hybridized carbons (Fsp3) is 0.500. The molecule has 0 unspecified atom stereocenters. The quantitative estimate of drug-likeness (QED) is 0.652. The highest BCUT2D eigenvalue weighted by molar-refractivity contribution is 5.76. The van der Waals surface area contributed by atoms with Crippen LogP contribution in [-0.2, 0) is 4.79 Å². The van der Waals surface area contributed by atoms with E-state index in [0.717, 1.165) is 31.4 Å². The number of carbonyl (C=O) groups excluding carboxylic acids is 1. The van der Waals surface area contributed by atoms with E-state index in [-0.39, 0.29) is 22.4 Å². The summed E-state index contributed by atoms with van der Waals surface area (Å²) in [7, 11) is 0. The highest BCUT2D eigenvalue weighted by atomic mass is 16.6. The lowest BCUT2D eigenvalue weighted by Crippen LogP contribution is -2.32. The van der Waals surface area contributed by atoms with E-state index in [1.807, 2.05) is 0 Å². The summed E-state index contributed by atoms with van der Waals surface area (Å²) in [4.78, 5) is 21.5. The largest absolute Gasteiger partial charge is 0.382 e. The Balaban J connectivity index is 1.96. The molecular weight excluding hydrogens is 258 g/mol. The van der Waals surface area contributed by atoms with Crippen LogP contribution in [0.3, 0.4) is 0 Å². The van der Waals surface area contributed by atoms with Crippen molar-refractivity contribution >= 4 is 17.3 Å². The zero-order valence-electron chi connectivity index (χ0n) is 11.5. The van der Waals surface area contributed by atoms with Crippen LogP contribution >= 0.6 is 0 Å². The third kappa shape index (κ3) is 3.26. The predicted molar refractivity (Wildman–Crippen MR) is 76.4 cm³/mol. The Hall–Kier alpha value is -2.11. The third-order valence-electron chi connectivity index (χ3n) is 3.89. The number of nitro groups is 1. The highest BCUT2D eigenvalue weighted by Gasteiger charge is 2.24. The summed E-state index contributed by atoms with van der Waals surface area (Å²) < 4.78 is 0. The number of nitro benzene ring substituents is 1. The van der Waals surface area contributed by atoms with E-state index in [0.29, 0.717) is 11.6 Å². The van der Waals surface area contributed by atoms with Gasteiger partial charge >= 0.3 is 0 Å². The zero-order valence-corrected chi connectivity index (χ0v) is 11.5. The number of benzene rings is 1. The fourth-order valence-electron chi connectivity index (χ4n) is 2.71. The van der Waals surface area contributed by atoms with Gasteiger partial charge in [0.2, 0.25) is 5.91 Å². The van der Waals surface area contributed by atoms with Gasteiger partial charge in [0.25, 0.3) is 5.69 Å². The van der Waals surface area contributed by atoms with E-state index >= 15 is 0 Å². The molecule has 1 saturated carbocycles. The maximum absolute atomic E-state index is 11.1. The van der Waals surface area contributed by atoms with Crippen molar-refractivity contribution in [1.29, 1.82) is 0 Å². The second kappa shape index (κ2) is 5.90. The standard InChI is InChI=1S/C14H19N3O3/c1-9-8-12(6-7-13(9)17(19)20)16-11-4-2-10(3-5-11)14(15)18/h6-8,10-11,16H,2-5H2,1H3,(H2,15,18). The van der Waals surface area contributed by atoms with E-state index in [1.54, 1.807) is 19.1 Å². The molecule has 20 heavy (non-hydrogen) atoms. The van der Waals surface area contributed by atoms with Gasteiger partial charge in [0.15, 0.2) is 0 Å². The molecule has 0 aliphatic heterocycles. The van der Waals surface area contributed by atoms with Crippen molar-refractivity contribution in [2.24, 2.45) is 11.7 Å². The average Bonchev–Trinajstić information content (AvgIpc) is 2.39. The minimum absolute atomic E-state index is 0.00773. The van der Waals surface area contributed by atoms with Crippen molar-refractivity contribution in [2.45, 2.75) is 38.6 Å². The topological polar surface area (TPSA) is 98.3 Å². The van der Waals surface area contributed by atoms with E-state index in [9.17, 15) is 14.9 Å². The molecule has 1 fully saturated rings. The number of hydrogen-bond acceptors (Lipinski definition) is 4. The van der Waals surface area contributed by atoms with Gasteiger partial charge in [-0.05, 0) is 44.7 Å². The summed E-state index contributed by atoms with van der Waals surface area (Å²) in [5.41, 5.74) is 6.97. The lowest BCUT2D eigenvalue weighted by Gasteiger charge is -2.28. The maximum atomic E-state index is 11.1. The Kier molecular flexibility index (Phi) is 4.22. The first-order valence-corrected chi connectivity index (χ1v) is 6.78. The Morgan fingerprint density at radius 3 is 2.50 bits per heavy atom. The molecule has 1 aromatic rings. The molecule has 6 heteroatoms. The Labute approximate surface area is 117 Å². The van der Waals surface area contributed by atoms with Crippen molar-refractivity contribution in [3.63, 3.8) is 0 Å². The van der Waals surface area contributed by atoms with Crippen LogP contribution in [0.2, 0.25) is 0 Å². The van der Waals surface area contributed by atoms with Crippen molar-refractivity contribution in [2.75, 3.05) is 5.32 Å². The lowest BCUT2D eigenvalue weighted by molar-refractivity contribution is -0.385. The molecule has 1 aliphatic carbocycles. The van der Waals surface area contributed by atoms with Gasteiger partial charge in [-0.2, -0.15) is 0 Å². The molecule has 0 bridgehead atoms. The number of primary amides is 1. The molecule has 0 spiro atoms. The molecule has 6 nitrogen and oxygen atoms in total. The summed E-state index contributed by atoms with van der Waals surface area (Å²) in [6.07, 6.45) is 3.39. The van der Waals surface area contributed by atoms with Gasteiger partial charge in [-0.15, -0.1) is 0 Å². The van der Waals surface area contributed by atoms with Crippen LogP contribution in [-0.4, -0.2) is 16.9 Å². The molecule has 108 valence electrons. The van der Waals surface area contributed by atoms with Crippen LogP contribution in [0.15, 0.2) is 18.2 Å². The predicted octanol–water partition coefficient (Wildman–Crippen LogP) is 2.36. The molecular formula is C14H19N3O3. The van der Waals surface area contributed by atoms with Crippen LogP contribution in [0.4, 0.5) is 11.4 Å². The van der Waals surface area contributed by atoms with Crippen molar-refractivity contribution in [3.05, 3.63) is 33.9 Å². The van der Waals surface area contributed by atoms with Gasteiger partial charge in [0.1, 0.15) is 0 Å². The Morgan fingerprint density at radius 1 is 1.35 bits per heavy atom. The fourth-order valence-corrected chi connectivity index (χ4v) is 2.71. The second-order valence-corrected chi connectivity index (χ2v) is 5.35. The second-order valence-electron chi connectivity index (χ2n) is 5.35. The number of anilines is 1. The molecule has 0 radical (unpaired) electrons. The Morgan fingerprint density at radius 2 is 2.00 bits per heavy atom. The number of nitrogens with two attached hydrogens (primary N) is 1. The molecule has 3 N–H and O–H groups in total. The Bertz CT molecular complexity index is 522. The minimum atomic E-state index is -0.378. The smallest absolute Gasteiger partial charge is 0.272 e. The van der Waals surface area contributed by atoms with Gasteiger partial charge in [0, 0.05) is 29.3 Å². The van der Waals surface area contributed by atoms with Gasteiger partial charge in [-0.3, -0.25) is 14.9 Å². The minimum Gasteiger partial charge on any atom is -0.382 e. The number of carbonyl (C=O) groups is 1. The average molecular weight is 277 g/mol. The third-order valence-corrected chi connectivity index (χ3v) is 3.89. The number of nitrogens with zero attached hydrogens (tertiary/aromatic N) is 1. The summed E-state index contributed by atoms with van der Waals surface area (Å²) in [6, 6.07) is 5.34. The van der Waals surface area contributed by atoms with Crippen LogP contribution in [0.5, 0.6) is 0 Å². The number of amides is 1.